The van der Waals surface area contributed by atoms with E-state index >= 15 is 0 Å². The SMILES string of the molecule is COC(=O)C1=C(C)N(c2ccc3c(c2)OCCO3)C(=S)N[C@H]1c1ccc(O)c([N+](=O)[O-])c1. The molecule has 2 aliphatic heterocycles. The van der Waals surface area contributed by atoms with Crippen molar-refractivity contribution in [1.82, 2.24) is 5.32 Å². The van der Waals surface area contributed by atoms with Gasteiger partial charge in [0.25, 0.3) is 0 Å². The van der Waals surface area contributed by atoms with Crippen LogP contribution < -0.4 is 19.7 Å². The third-order valence-electron chi connectivity index (χ3n) is 5.20. The largest absolute Gasteiger partial charge is 0.502 e. The maximum Gasteiger partial charge on any atom is 0.337 e. The fraction of sp³-hybridized carbons (Fsp3) is 0.238. The summed E-state index contributed by atoms with van der Waals surface area (Å²) < 4.78 is 16.2. The van der Waals surface area contributed by atoms with Crippen molar-refractivity contribution in [3.05, 3.63) is 63.3 Å². The van der Waals surface area contributed by atoms with E-state index < -0.39 is 28.4 Å². The molecule has 0 aromatic heterocycles. The number of benzene rings is 2. The van der Waals surface area contributed by atoms with Gasteiger partial charge in [-0.2, -0.15) is 0 Å². The molecule has 1 atom stereocenters. The van der Waals surface area contributed by atoms with E-state index in [2.05, 4.69) is 5.32 Å². The summed E-state index contributed by atoms with van der Waals surface area (Å²) in [7, 11) is 1.25. The van der Waals surface area contributed by atoms with E-state index in [9.17, 15) is 20.0 Å². The molecule has 0 fully saturated rings. The van der Waals surface area contributed by atoms with Gasteiger partial charge in [0.2, 0.25) is 0 Å². The van der Waals surface area contributed by atoms with Crippen LogP contribution in [0.25, 0.3) is 0 Å². The molecule has 0 saturated heterocycles. The number of nitro benzene ring substituents is 1. The van der Waals surface area contributed by atoms with Gasteiger partial charge in [0.05, 0.1) is 29.3 Å². The molecule has 4 rings (SSSR count). The van der Waals surface area contributed by atoms with Crippen LogP contribution in [-0.4, -0.2) is 41.4 Å². The summed E-state index contributed by atoms with van der Waals surface area (Å²) in [4.78, 5) is 25.0. The first kappa shape index (κ1) is 21.4. The number of ether oxygens (including phenoxy) is 3. The number of fused-ring (bicyclic) bond motifs is 1. The Balaban J connectivity index is 1.82. The Morgan fingerprint density at radius 1 is 1.25 bits per heavy atom. The molecular weight excluding hydrogens is 438 g/mol. The number of nitro groups is 1. The Hall–Kier alpha value is -3.86. The van der Waals surface area contributed by atoms with E-state index in [1.807, 2.05) is 0 Å². The van der Waals surface area contributed by atoms with Crippen molar-refractivity contribution in [2.45, 2.75) is 13.0 Å². The molecule has 2 aromatic carbocycles. The average Bonchev–Trinajstić information content (AvgIpc) is 2.78. The third kappa shape index (κ3) is 3.66. The molecular formula is C21H19N3O7S. The van der Waals surface area contributed by atoms with Gasteiger partial charge in [0.1, 0.15) is 13.2 Å². The molecule has 0 saturated carbocycles. The number of anilines is 1. The number of nitrogens with one attached hydrogen (secondary N) is 1. The van der Waals surface area contributed by atoms with Crippen molar-refractivity contribution in [3.8, 4) is 17.2 Å². The lowest BCUT2D eigenvalue weighted by atomic mass is 9.94. The van der Waals surface area contributed by atoms with Gasteiger partial charge in [0, 0.05) is 17.8 Å². The van der Waals surface area contributed by atoms with Crippen molar-refractivity contribution in [3.63, 3.8) is 0 Å². The van der Waals surface area contributed by atoms with Crippen LogP contribution in [0.2, 0.25) is 0 Å². The number of hydrogen-bond donors (Lipinski definition) is 2. The number of methoxy groups -OCH3 is 1. The van der Waals surface area contributed by atoms with Crippen molar-refractivity contribution in [2.24, 2.45) is 0 Å². The summed E-state index contributed by atoms with van der Waals surface area (Å²) in [6.45, 7) is 2.59. The topological polar surface area (TPSA) is 123 Å². The summed E-state index contributed by atoms with van der Waals surface area (Å²) in [5.41, 5.74) is 1.24. The van der Waals surface area contributed by atoms with Crippen LogP contribution in [0, 0.1) is 10.1 Å². The van der Waals surface area contributed by atoms with E-state index in [4.69, 9.17) is 26.4 Å². The molecule has 0 spiro atoms. The molecule has 2 aliphatic rings. The highest BCUT2D eigenvalue weighted by Gasteiger charge is 2.36. The quantitative estimate of drug-likeness (QED) is 0.306. The lowest BCUT2D eigenvalue weighted by Gasteiger charge is -2.37. The lowest BCUT2D eigenvalue weighted by Crippen LogP contribution is -2.48. The summed E-state index contributed by atoms with van der Waals surface area (Å²) in [6, 6.07) is 8.37. The van der Waals surface area contributed by atoms with Gasteiger partial charge >= 0.3 is 11.7 Å². The number of phenolic OH excluding ortho intramolecular Hbond substituents is 1. The van der Waals surface area contributed by atoms with Gasteiger partial charge in [0.15, 0.2) is 22.4 Å². The third-order valence-corrected chi connectivity index (χ3v) is 5.50. The van der Waals surface area contributed by atoms with Crippen LogP contribution in [0.1, 0.15) is 18.5 Å². The van der Waals surface area contributed by atoms with E-state index in [1.165, 1.54) is 25.3 Å². The lowest BCUT2D eigenvalue weighted by molar-refractivity contribution is -0.385. The molecule has 0 radical (unpaired) electrons. The zero-order valence-corrected chi connectivity index (χ0v) is 18.0. The zero-order chi connectivity index (χ0) is 23.0. The summed E-state index contributed by atoms with van der Waals surface area (Å²) in [5.74, 6) is 0.0661. The Morgan fingerprint density at radius 3 is 2.66 bits per heavy atom. The second-order valence-electron chi connectivity index (χ2n) is 7.04. The first-order chi connectivity index (χ1) is 15.3. The van der Waals surface area contributed by atoms with Gasteiger partial charge < -0.3 is 24.6 Å². The van der Waals surface area contributed by atoms with Crippen LogP contribution in [0.3, 0.4) is 0 Å². The van der Waals surface area contributed by atoms with Crippen molar-refractivity contribution < 1.29 is 29.0 Å². The molecule has 0 amide bonds. The summed E-state index contributed by atoms with van der Waals surface area (Å²) in [6.07, 6.45) is 0. The number of thiocarbonyl (C=S) groups is 1. The molecule has 2 aromatic rings. The van der Waals surface area contributed by atoms with Crippen LogP contribution >= 0.6 is 12.2 Å². The van der Waals surface area contributed by atoms with Crippen molar-refractivity contribution in [1.29, 1.82) is 0 Å². The number of rotatable bonds is 4. The number of nitrogens with zero attached hydrogens (tertiary/aromatic N) is 2. The monoisotopic (exact) mass is 457 g/mol. The molecule has 166 valence electrons. The van der Waals surface area contributed by atoms with E-state index in [0.717, 1.165) is 0 Å². The maximum atomic E-state index is 12.7. The highest BCUT2D eigenvalue weighted by atomic mass is 32.1. The number of carbonyl (C=O) groups is 1. The number of carbonyl (C=O) groups excluding carboxylic acids is 1. The predicted octanol–water partition coefficient (Wildman–Crippen LogP) is 2.95. The average molecular weight is 457 g/mol. The molecule has 11 heteroatoms. The van der Waals surface area contributed by atoms with Gasteiger partial charge in [-0.25, -0.2) is 4.79 Å². The second kappa shape index (κ2) is 8.35. The number of hydrogen-bond acceptors (Lipinski definition) is 8. The minimum absolute atomic E-state index is 0.218. The summed E-state index contributed by atoms with van der Waals surface area (Å²) in [5, 5.41) is 24.4. The Labute approximate surface area is 188 Å². The molecule has 2 heterocycles. The van der Waals surface area contributed by atoms with Crippen LogP contribution in [-0.2, 0) is 9.53 Å². The standard InChI is InChI=1S/C21H19N3O7S/c1-11-18(20(26)29-2)19(12-3-5-15(25)14(9-12)24(27)28)22-21(32)23(11)13-4-6-16-17(10-13)31-8-7-30-16/h3-6,9-10,19,25H,7-8H2,1-2H3,(H,22,32)/t19-/m0/s1. The normalized spacial score (nSPS) is 17.6. The minimum Gasteiger partial charge on any atom is -0.502 e. The zero-order valence-electron chi connectivity index (χ0n) is 17.2. The molecule has 0 aliphatic carbocycles. The Kier molecular flexibility index (Phi) is 5.57. The number of allylic oxidation sites excluding steroid dienone is 1. The maximum absolute atomic E-state index is 12.7. The Bertz CT molecular complexity index is 1160. The van der Waals surface area contributed by atoms with Crippen LogP contribution in [0.15, 0.2) is 47.7 Å². The van der Waals surface area contributed by atoms with Gasteiger partial charge in [-0.3, -0.25) is 15.0 Å². The van der Waals surface area contributed by atoms with Gasteiger partial charge in [-0.1, -0.05) is 6.07 Å². The van der Waals surface area contributed by atoms with E-state index in [0.29, 0.717) is 41.7 Å². The molecule has 32 heavy (non-hydrogen) atoms. The first-order valence-corrected chi connectivity index (χ1v) is 9.99. The highest BCUT2D eigenvalue weighted by molar-refractivity contribution is 7.80. The van der Waals surface area contributed by atoms with E-state index in [-0.39, 0.29) is 10.7 Å². The summed E-state index contributed by atoms with van der Waals surface area (Å²) >= 11 is 5.58. The fourth-order valence-corrected chi connectivity index (χ4v) is 4.08. The number of aromatic hydroxyl groups is 1. The molecule has 2 N–H and O–H groups in total. The van der Waals surface area contributed by atoms with Crippen molar-refractivity contribution >= 4 is 34.7 Å². The molecule has 10 nitrogen and oxygen atoms in total. The number of esters is 1. The molecule has 0 unspecified atom stereocenters. The smallest absolute Gasteiger partial charge is 0.337 e. The first-order valence-electron chi connectivity index (χ1n) is 9.58. The van der Waals surface area contributed by atoms with Gasteiger partial charge in [-0.15, -0.1) is 0 Å². The fourth-order valence-electron chi connectivity index (χ4n) is 3.72. The van der Waals surface area contributed by atoms with Crippen LogP contribution in [0.5, 0.6) is 17.2 Å². The second-order valence-corrected chi connectivity index (χ2v) is 7.43. The van der Waals surface area contributed by atoms with Crippen LogP contribution in [0.4, 0.5) is 11.4 Å². The van der Waals surface area contributed by atoms with E-state index in [1.54, 1.807) is 30.0 Å². The number of phenols is 1. The minimum atomic E-state index is -0.817. The Morgan fingerprint density at radius 2 is 1.97 bits per heavy atom. The van der Waals surface area contributed by atoms with Gasteiger partial charge in [-0.05, 0) is 42.9 Å². The predicted molar refractivity (Wildman–Crippen MR) is 118 cm³/mol. The highest BCUT2D eigenvalue weighted by Crippen LogP contribution is 2.40. The molecule has 0 bridgehead atoms. The van der Waals surface area contributed by atoms with Crippen molar-refractivity contribution in [2.75, 3.05) is 25.2 Å².